The van der Waals surface area contributed by atoms with Crippen molar-refractivity contribution in [3.63, 3.8) is 0 Å². The molecule has 2 heterocycles. The third-order valence-electron chi connectivity index (χ3n) is 4.34. The first-order chi connectivity index (χ1) is 11.2. The number of fused-ring (bicyclic) bond motifs is 1. The predicted octanol–water partition coefficient (Wildman–Crippen LogP) is 2.21. The van der Waals surface area contributed by atoms with E-state index >= 15 is 0 Å². The van der Waals surface area contributed by atoms with E-state index in [1.54, 1.807) is 0 Å². The number of carbonyl (C=O) groups is 1. The van der Waals surface area contributed by atoms with Gasteiger partial charge in [-0.15, -0.1) is 0 Å². The highest BCUT2D eigenvalue weighted by Gasteiger charge is 2.29. The summed E-state index contributed by atoms with van der Waals surface area (Å²) in [5, 5.41) is 9.97. The summed E-state index contributed by atoms with van der Waals surface area (Å²) in [6.07, 6.45) is 2.54. The lowest BCUT2D eigenvalue weighted by Crippen LogP contribution is -2.34. The number of nitrogens with zero attached hydrogens (tertiary/aromatic N) is 2. The Bertz CT molecular complexity index is 793. The van der Waals surface area contributed by atoms with Crippen LogP contribution in [0, 0.1) is 4.77 Å². The van der Waals surface area contributed by atoms with E-state index in [-0.39, 0.29) is 5.91 Å². The van der Waals surface area contributed by atoms with Crippen LogP contribution < -0.4 is 5.32 Å². The molecule has 2 N–H and O–H groups in total. The summed E-state index contributed by atoms with van der Waals surface area (Å²) >= 11 is 5.25. The molecule has 0 saturated heterocycles. The van der Waals surface area contributed by atoms with Crippen LogP contribution in [0.3, 0.4) is 0 Å². The van der Waals surface area contributed by atoms with Crippen molar-refractivity contribution in [1.29, 1.82) is 0 Å². The maximum atomic E-state index is 12.5. The zero-order valence-corrected chi connectivity index (χ0v) is 13.4. The van der Waals surface area contributed by atoms with E-state index in [1.807, 2.05) is 22.8 Å². The number of benzene rings is 1. The van der Waals surface area contributed by atoms with Gasteiger partial charge in [0.1, 0.15) is 0 Å². The van der Waals surface area contributed by atoms with Gasteiger partial charge < -0.3 is 10.1 Å². The second-order valence-corrected chi connectivity index (χ2v) is 6.35. The zero-order valence-electron chi connectivity index (χ0n) is 12.6. The Morgan fingerprint density at radius 2 is 2.26 bits per heavy atom. The average Bonchev–Trinajstić information content (AvgIpc) is 3.35. The Kier molecular flexibility index (Phi) is 3.74. The van der Waals surface area contributed by atoms with Crippen molar-refractivity contribution in [1.82, 2.24) is 20.1 Å². The van der Waals surface area contributed by atoms with E-state index in [2.05, 4.69) is 21.6 Å². The van der Waals surface area contributed by atoms with Gasteiger partial charge in [0.05, 0.1) is 13.2 Å². The zero-order chi connectivity index (χ0) is 15.8. The lowest BCUT2D eigenvalue weighted by atomic mass is 9.97. The largest absolute Gasteiger partial charge is 0.363 e. The van der Waals surface area contributed by atoms with Gasteiger partial charge in [-0.1, -0.05) is 24.3 Å². The number of H-pyrrole nitrogens is 1. The number of aromatic nitrogens is 3. The molecule has 1 unspecified atom stereocenters. The van der Waals surface area contributed by atoms with Crippen LogP contribution in [0.2, 0.25) is 0 Å². The summed E-state index contributed by atoms with van der Waals surface area (Å²) in [6.45, 7) is 0.917. The van der Waals surface area contributed by atoms with Crippen LogP contribution in [0.15, 0.2) is 24.3 Å². The number of nitrogens with one attached hydrogen (secondary N) is 2. The molecule has 1 aromatic carbocycles. The molecule has 2 aromatic rings. The van der Waals surface area contributed by atoms with Crippen molar-refractivity contribution in [2.75, 3.05) is 6.61 Å². The van der Waals surface area contributed by atoms with Gasteiger partial charge in [-0.3, -0.25) is 14.5 Å². The standard InChI is InChI=1S/C16H18N4O2S/c21-15(14-12-4-2-1-3-10(12)7-8-22-14)17-9-13-18-19-16(23)20(13)11-5-6-11/h1-4,11,14H,5-9H2,(H,17,21)(H,19,23). The lowest BCUT2D eigenvalue weighted by Gasteiger charge is -2.25. The third-order valence-corrected chi connectivity index (χ3v) is 4.63. The molecule has 2 aliphatic rings. The molecule has 120 valence electrons. The Balaban J connectivity index is 1.48. The summed E-state index contributed by atoms with van der Waals surface area (Å²) in [5.41, 5.74) is 2.14. The summed E-state index contributed by atoms with van der Waals surface area (Å²) in [6, 6.07) is 8.37. The van der Waals surface area contributed by atoms with Crippen molar-refractivity contribution >= 4 is 18.1 Å². The maximum absolute atomic E-state index is 12.5. The van der Waals surface area contributed by atoms with Crippen molar-refractivity contribution in [3.8, 4) is 0 Å². The highest BCUT2D eigenvalue weighted by atomic mass is 32.1. The van der Waals surface area contributed by atoms with Gasteiger partial charge in [-0.2, -0.15) is 5.10 Å². The monoisotopic (exact) mass is 330 g/mol. The van der Waals surface area contributed by atoms with Gasteiger partial charge in [0.15, 0.2) is 16.7 Å². The molecule has 1 saturated carbocycles. The van der Waals surface area contributed by atoms with Crippen LogP contribution in [0.5, 0.6) is 0 Å². The molecule has 0 radical (unpaired) electrons. The molecular weight excluding hydrogens is 312 g/mol. The quantitative estimate of drug-likeness (QED) is 0.843. The molecule has 1 aliphatic heterocycles. The highest BCUT2D eigenvalue weighted by molar-refractivity contribution is 7.71. The van der Waals surface area contributed by atoms with E-state index in [0.717, 1.165) is 30.7 Å². The highest BCUT2D eigenvalue weighted by Crippen LogP contribution is 2.35. The Hall–Kier alpha value is -1.99. The number of rotatable bonds is 4. The molecule has 4 rings (SSSR count). The molecule has 0 spiro atoms. The maximum Gasteiger partial charge on any atom is 0.254 e. The predicted molar refractivity (Wildman–Crippen MR) is 86.4 cm³/mol. The van der Waals surface area contributed by atoms with Crippen molar-refractivity contribution in [3.05, 3.63) is 46.0 Å². The molecule has 1 fully saturated rings. The molecule has 7 heteroatoms. The van der Waals surface area contributed by atoms with Crippen LogP contribution in [0.25, 0.3) is 0 Å². The van der Waals surface area contributed by atoms with Gasteiger partial charge in [-0.05, 0) is 42.6 Å². The molecule has 6 nitrogen and oxygen atoms in total. The molecule has 23 heavy (non-hydrogen) atoms. The first-order valence-corrected chi connectivity index (χ1v) is 8.28. The van der Waals surface area contributed by atoms with Gasteiger partial charge in [0.25, 0.3) is 5.91 Å². The van der Waals surface area contributed by atoms with Gasteiger partial charge in [0, 0.05) is 6.04 Å². The minimum Gasteiger partial charge on any atom is -0.363 e. The van der Waals surface area contributed by atoms with E-state index in [9.17, 15) is 4.79 Å². The molecule has 1 aromatic heterocycles. The molecule has 1 amide bonds. The Labute approximate surface area is 138 Å². The number of hydrogen-bond acceptors (Lipinski definition) is 4. The lowest BCUT2D eigenvalue weighted by molar-refractivity contribution is -0.134. The number of amides is 1. The second kappa shape index (κ2) is 5.90. The topological polar surface area (TPSA) is 71.9 Å². The fraction of sp³-hybridized carbons (Fsp3) is 0.438. The number of aromatic amines is 1. The third kappa shape index (κ3) is 2.82. The smallest absolute Gasteiger partial charge is 0.254 e. The summed E-state index contributed by atoms with van der Waals surface area (Å²) in [5.74, 6) is 0.642. The van der Waals surface area contributed by atoms with Crippen molar-refractivity contribution < 1.29 is 9.53 Å². The summed E-state index contributed by atoms with van der Waals surface area (Å²) < 4.78 is 8.31. The van der Waals surface area contributed by atoms with Crippen LogP contribution in [0.4, 0.5) is 0 Å². The summed E-state index contributed by atoms with van der Waals surface area (Å²) in [7, 11) is 0. The first-order valence-electron chi connectivity index (χ1n) is 7.87. The fourth-order valence-electron chi connectivity index (χ4n) is 3.04. The van der Waals surface area contributed by atoms with Crippen LogP contribution >= 0.6 is 12.2 Å². The van der Waals surface area contributed by atoms with E-state index < -0.39 is 6.10 Å². The normalized spacial score (nSPS) is 20.1. The van der Waals surface area contributed by atoms with Crippen LogP contribution in [-0.2, 0) is 22.5 Å². The first kappa shape index (κ1) is 14.6. The van der Waals surface area contributed by atoms with Gasteiger partial charge in [-0.25, -0.2) is 0 Å². The average molecular weight is 330 g/mol. The van der Waals surface area contributed by atoms with Gasteiger partial charge in [0.2, 0.25) is 0 Å². The van der Waals surface area contributed by atoms with E-state index in [1.165, 1.54) is 5.56 Å². The molecule has 1 atom stereocenters. The van der Waals surface area contributed by atoms with E-state index in [4.69, 9.17) is 17.0 Å². The SMILES string of the molecule is O=C(NCc1n[nH]c(=S)n1C1CC1)C1OCCc2ccccc21. The molecule has 0 bridgehead atoms. The van der Waals surface area contributed by atoms with Crippen LogP contribution in [-0.4, -0.2) is 27.3 Å². The molecular formula is C16H18N4O2S. The minimum absolute atomic E-state index is 0.131. The Morgan fingerprint density at radius 3 is 3.09 bits per heavy atom. The fourth-order valence-corrected chi connectivity index (χ4v) is 3.34. The number of carbonyl (C=O) groups excluding carboxylic acids is 1. The van der Waals surface area contributed by atoms with Crippen LogP contribution in [0.1, 0.15) is 41.9 Å². The molecule has 1 aliphatic carbocycles. The number of ether oxygens (including phenoxy) is 1. The summed E-state index contributed by atoms with van der Waals surface area (Å²) in [4.78, 5) is 12.5. The van der Waals surface area contributed by atoms with Gasteiger partial charge >= 0.3 is 0 Å². The van der Waals surface area contributed by atoms with Crippen molar-refractivity contribution in [2.24, 2.45) is 0 Å². The van der Waals surface area contributed by atoms with E-state index in [0.29, 0.717) is 24.0 Å². The number of hydrogen-bond donors (Lipinski definition) is 2. The minimum atomic E-state index is -0.545. The van der Waals surface area contributed by atoms with Crippen molar-refractivity contribution in [2.45, 2.75) is 38.0 Å². The Morgan fingerprint density at radius 1 is 1.43 bits per heavy atom. The second-order valence-electron chi connectivity index (χ2n) is 5.96.